The Bertz CT molecular complexity index is 859. The Morgan fingerprint density at radius 3 is 0.973 bits per heavy atom. The monoisotopic (exact) mass is 524 g/mol. The van der Waals surface area contributed by atoms with Gasteiger partial charge in [-0.3, -0.25) is 0 Å². The van der Waals surface area contributed by atoms with Crippen LogP contribution in [0.25, 0.3) is 0 Å². The van der Waals surface area contributed by atoms with Gasteiger partial charge in [0.05, 0.1) is 0 Å². The van der Waals surface area contributed by atoms with E-state index < -0.39 is 8.07 Å². The molecule has 0 unspecified atom stereocenters. The highest BCUT2D eigenvalue weighted by atomic mass is 28.3. The predicted octanol–water partition coefficient (Wildman–Crippen LogP) is 9.39. The lowest BCUT2D eigenvalue weighted by Crippen LogP contribution is -2.26. The molecule has 0 atom stereocenters. The van der Waals surface area contributed by atoms with Crippen molar-refractivity contribution < 1.29 is 10.2 Å². The molecule has 0 aliphatic carbocycles. The second-order valence-electron chi connectivity index (χ2n) is 14.1. The maximum absolute atomic E-state index is 10.9. The summed E-state index contributed by atoms with van der Waals surface area (Å²) in [5, 5.41) is 21.8. The van der Waals surface area contributed by atoms with Gasteiger partial charge in [0.25, 0.3) is 0 Å². The number of hydrogen-bond donors (Lipinski definition) is 2. The van der Waals surface area contributed by atoms with Crippen molar-refractivity contribution in [1.82, 2.24) is 0 Å². The number of benzene rings is 2. The zero-order chi connectivity index (χ0) is 27.9. The fourth-order valence-corrected chi connectivity index (χ4v) is 7.61. The van der Waals surface area contributed by atoms with E-state index in [-0.39, 0.29) is 0 Å². The van der Waals surface area contributed by atoms with Crippen LogP contribution in [0.1, 0.15) is 88.8 Å². The standard InChI is InChI=1S/C34H56O2Si/c1-23(2)15-29-19-27(20-30(33(29)35)16-24(3)4)11-13-37(9,10)14-12-28-21-31(17-25(5)6)34(36)32(22-28)18-26(7)8/h19-26,35-36H,11-18H2,1-10H3. The Hall–Kier alpha value is -1.74. The lowest BCUT2D eigenvalue weighted by atomic mass is 9.92. The summed E-state index contributed by atoms with van der Waals surface area (Å²) in [7, 11) is -1.42. The normalized spacial score (nSPS) is 12.5. The fourth-order valence-electron chi connectivity index (χ4n) is 5.43. The van der Waals surface area contributed by atoms with Crippen LogP contribution in [0.15, 0.2) is 24.3 Å². The van der Waals surface area contributed by atoms with Crippen LogP contribution < -0.4 is 0 Å². The van der Waals surface area contributed by atoms with E-state index >= 15 is 0 Å². The minimum atomic E-state index is -1.42. The molecule has 0 saturated heterocycles. The summed E-state index contributed by atoms with van der Waals surface area (Å²) in [6, 6.07) is 11.6. The first-order chi connectivity index (χ1) is 17.2. The molecule has 0 amide bonds. The molecule has 0 aromatic heterocycles. The molecule has 208 valence electrons. The molecule has 2 rings (SSSR count). The molecular weight excluding hydrogens is 468 g/mol. The van der Waals surface area contributed by atoms with E-state index in [2.05, 4.69) is 92.7 Å². The van der Waals surface area contributed by atoms with Crippen LogP contribution in [-0.4, -0.2) is 18.3 Å². The number of rotatable bonds is 14. The van der Waals surface area contributed by atoms with Gasteiger partial charge in [-0.15, -0.1) is 0 Å². The van der Waals surface area contributed by atoms with Crippen molar-refractivity contribution in [3.63, 3.8) is 0 Å². The highest BCUT2D eigenvalue weighted by molar-refractivity contribution is 6.77. The van der Waals surface area contributed by atoms with E-state index in [1.165, 1.54) is 23.2 Å². The van der Waals surface area contributed by atoms with Crippen LogP contribution in [0.2, 0.25) is 25.2 Å². The smallest absolute Gasteiger partial charge is 0.121 e. The zero-order valence-corrected chi connectivity index (χ0v) is 26.7. The first-order valence-electron chi connectivity index (χ1n) is 14.8. The van der Waals surface area contributed by atoms with Gasteiger partial charge < -0.3 is 10.2 Å². The van der Waals surface area contributed by atoms with Crippen molar-refractivity contribution in [1.29, 1.82) is 0 Å². The van der Waals surface area contributed by atoms with E-state index in [4.69, 9.17) is 0 Å². The van der Waals surface area contributed by atoms with Crippen LogP contribution in [0.5, 0.6) is 11.5 Å². The van der Waals surface area contributed by atoms with Gasteiger partial charge in [0.15, 0.2) is 0 Å². The average molecular weight is 525 g/mol. The van der Waals surface area contributed by atoms with Crippen molar-refractivity contribution in [3.05, 3.63) is 57.6 Å². The maximum atomic E-state index is 10.9. The van der Waals surface area contributed by atoms with Crippen molar-refractivity contribution in [2.75, 3.05) is 0 Å². The van der Waals surface area contributed by atoms with Crippen LogP contribution in [0.3, 0.4) is 0 Å². The second-order valence-corrected chi connectivity index (χ2v) is 19.4. The lowest BCUT2D eigenvalue weighted by molar-refractivity contribution is 0.450. The van der Waals surface area contributed by atoms with E-state index in [0.29, 0.717) is 35.2 Å². The minimum absolute atomic E-state index is 0.532. The SMILES string of the molecule is CC(C)Cc1cc(CC[Si](C)(C)CCc2cc(CC(C)C)c(O)c(CC(C)C)c2)cc(CC(C)C)c1O. The van der Waals surface area contributed by atoms with Gasteiger partial charge in [-0.2, -0.15) is 0 Å². The third-order valence-corrected chi connectivity index (χ3v) is 10.6. The summed E-state index contributed by atoms with van der Waals surface area (Å²) in [5.74, 6) is 3.19. The molecule has 0 fully saturated rings. The molecule has 2 aromatic carbocycles. The van der Waals surface area contributed by atoms with Gasteiger partial charge in [0, 0.05) is 8.07 Å². The number of aromatic hydroxyl groups is 2. The predicted molar refractivity (Wildman–Crippen MR) is 165 cm³/mol. The molecule has 37 heavy (non-hydrogen) atoms. The molecule has 0 radical (unpaired) electrons. The molecule has 2 aromatic rings. The van der Waals surface area contributed by atoms with Crippen molar-refractivity contribution in [2.45, 2.75) is 119 Å². The van der Waals surface area contributed by atoms with E-state index in [1.54, 1.807) is 0 Å². The van der Waals surface area contributed by atoms with Crippen LogP contribution in [-0.2, 0) is 38.5 Å². The number of aryl methyl sites for hydroxylation is 2. The Kier molecular flexibility index (Phi) is 11.8. The topological polar surface area (TPSA) is 40.5 Å². The molecule has 0 spiro atoms. The van der Waals surface area contributed by atoms with Gasteiger partial charge in [-0.1, -0.05) is 105 Å². The largest absolute Gasteiger partial charge is 0.507 e. The van der Waals surface area contributed by atoms with Gasteiger partial charge in [-0.25, -0.2) is 0 Å². The molecular formula is C34H56O2Si. The molecule has 2 nitrogen and oxygen atoms in total. The van der Waals surface area contributed by atoms with E-state index in [1.807, 2.05) is 0 Å². The van der Waals surface area contributed by atoms with Crippen LogP contribution in [0.4, 0.5) is 0 Å². The zero-order valence-electron chi connectivity index (χ0n) is 25.7. The molecule has 0 saturated carbocycles. The second kappa shape index (κ2) is 13.9. The fraction of sp³-hybridized carbons (Fsp3) is 0.647. The minimum Gasteiger partial charge on any atom is -0.507 e. The number of phenols is 2. The first kappa shape index (κ1) is 31.5. The van der Waals surface area contributed by atoms with Gasteiger partial charge >= 0.3 is 0 Å². The van der Waals surface area contributed by atoms with E-state index in [0.717, 1.165) is 60.8 Å². The van der Waals surface area contributed by atoms with Crippen LogP contribution >= 0.6 is 0 Å². The quantitative estimate of drug-likeness (QED) is 0.242. The summed E-state index contributed by atoms with van der Waals surface area (Å²) in [6.07, 6.45) is 5.94. The number of phenolic OH excluding ortho intramolecular Hbond substituents is 2. The van der Waals surface area contributed by atoms with Gasteiger partial charge in [0.2, 0.25) is 0 Å². The third-order valence-electron chi connectivity index (χ3n) is 7.35. The van der Waals surface area contributed by atoms with Gasteiger partial charge in [0.1, 0.15) is 11.5 Å². The summed E-state index contributed by atoms with van der Waals surface area (Å²) in [5.41, 5.74) is 7.30. The molecule has 0 bridgehead atoms. The van der Waals surface area contributed by atoms with Crippen molar-refractivity contribution in [2.24, 2.45) is 23.7 Å². The Balaban J connectivity index is 2.17. The maximum Gasteiger partial charge on any atom is 0.121 e. The molecule has 0 aliphatic heterocycles. The highest BCUT2D eigenvalue weighted by Crippen LogP contribution is 2.33. The molecule has 0 aliphatic rings. The average Bonchev–Trinajstić information content (AvgIpc) is 2.75. The van der Waals surface area contributed by atoms with Crippen LogP contribution in [0, 0.1) is 23.7 Å². The number of hydrogen-bond acceptors (Lipinski definition) is 2. The van der Waals surface area contributed by atoms with Crippen molar-refractivity contribution in [3.8, 4) is 11.5 Å². The first-order valence-corrected chi connectivity index (χ1v) is 18.3. The Morgan fingerprint density at radius 2 is 0.757 bits per heavy atom. The Morgan fingerprint density at radius 1 is 0.514 bits per heavy atom. The summed E-state index contributed by atoms with van der Waals surface area (Å²) < 4.78 is 0. The molecule has 2 N–H and O–H groups in total. The molecule has 3 heteroatoms. The van der Waals surface area contributed by atoms with Crippen molar-refractivity contribution >= 4 is 8.07 Å². The third kappa shape index (κ3) is 10.5. The summed E-state index contributed by atoms with van der Waals surface area (Å²) in [4.78, 5) is 0. The van der Waals surface area contributed by atoms with E-state index in [9.17, 15) is 10.2 Å². The Labute approximate surface area is 229 Å². The summed E-state index contributed by atoms with van der Waals surface area (Å²) >= 11 is 0. The summed E-state index contributed by atoms with van der Waals surface area (Å²) in [6.45, 7) is 22.9. The van der Waals surface area contributed by atoms with Gasteiger partial charge in [-0.05, 0) is 95.6 Å². The molecule has 0 heterocycles. The highest BCUT2D eigenvalue weighted by Gasteiger charge is 2.22. The lowest BCUT2D eigenvalue weighted by Gasteiger charge is -2.24.